The smallest absolute Gasteiger partial charge is 0.277 e. The minimum Gasteiger partial charge on any atom is -0.316 e. The molecular weight excluding hydrogens is 240 g/mol. The Kier molecular flexibility index (Phi) is 4.05. The summed E-state index contributed by atoms with van der Waals surface area (Å²) in [5.74, 6) is -2.31. The van der Waals surface area contributed by atoms with E-state index in [1.807, 2.05) is 0 Å². The Balaban J connectivity index is 2.14. The van der Waals surface area contributed by atoms with E-state index in [1.165, 1.54) is 0 Å². The van der Waals surface area contributed by atoms with Crippen molar-refractivity contribution < 1.29 is 8.78 Å². The van der Waals surface area contributed by atoms with Crippen molar-refractivity contribution in [1.29, 1.82) is 0 Å². The first-order valence-corrected chi connectivity index (χ1v) is 6.95. The molecule has 0 spiro atoms. The first-order valence-electron chi connectivity index (χ1n) is 5.96. The minimum absolute atomic E-state index is 0.145. The Morgan fingerprint density at radius 3 is 2.59 bits per heavy atom. The zero-order valence-electron chi connectivity index (χ0n) is 9.88. The molecule has 1 aromatic rings. The van der Waals surface area contributed by atoms with Crippen molar-refractivity contribution in [3.05, 3.63) is 29.8 Å². The fraction of sp³-hybridized carbons (Fsp3) is 0.538. The van der Waals surface area contributed by atoms with E-state index >= 15 is 0 Å². The largest absolute Gasteiger partial charge is 0.316 e. The lowest BCUT2D eigenvalue weighted by molar-refractivity contribution is -0.0575. The maximum atomic E-state index is 14.1. The molecule has 1 atom stereocenters. The molecule has 1 unspecified atom stereocenters. The predicted molar refractivity (Wildman–Crippen MR) is 67.7 cm³/mol. The first kappa shape index (κ1) is 12.8. The average molecular weight is 257 g/mol. The Bertz CT molecular complexity index is 358. The van der Waals surface area contributed by atoms with Crippen LogP contribution in [0.2, 0.25) is 0 Å². The zero-order valence-corrected chi connectivity index (χ0v) is 10.7. The normalized spacial score (nSPS) is 20.8. The topological polar surface area (TPSA) is 12.0 Å². The van der Waals surface area contributed by atoms with Crippen LogP contribution in [0.5, 0.6) is 0 Å². The van der Waals surface area contributed by atoms with Gasteiger partial charge in [0.15, 0.2) is 0 Å². The van der Waals surface area contributed by atoms with Crippen LogP contribution in [0, 0.1) is 5.92 Å². The minimum atomic E-state index is -2.71. The molecule has 1 fully saturated rings. The van der Waals surface area contributed by atoms with Crippen LogP contribution >= 0.6 is 11.8 Å². The molecule has 17 heavy (non-hydrogen) atoms. The van der Waals surface area contributed by atoms with Gasteiger partial charge in [0.25, 0.3) is 5.92 Å². The Labute approximate surface area is 105 Å². The fourth-order valence-corrected chi connectivity index (χ4v) is 2.80. The number of rotatable bonds is 4. The van der Waals surface area contributed by atoms with Crippen LogP contribution < -0.4 is 5.32 Å². The molecule has 0 aromatic heterocycles. The number of alkyl halides is 2. The maximum absolute atomic E-state index is 14.1. The van der Waals surface area contributed by atoms with Gasteiger partial charge >= 0.3 is 0 Å². The molecule has 1 saturated heterocycles. The number of nitrogens with one attached hydrogen (secondary N) is 1. The van der Waals surface area contributed by atoms with Gasteiger partial charge in [-0.1, -0.05) is 19.1 Å². The number of thioether (sulfide) groups is 1. The van der Waals surface area contributed by atoms with E-state index in [2.05, 4.69) is 12.2 Å². The standard InChI is InChI=1S/C13H17F2NS/c1-2-17-12-5-3-10(4-6-12)13(14,15)11-7-8-16-9-11/h3-6,11,16H,2,7-9H2,1H3. The van der Waals surface area contributed by atoms with Gasteiger partial charge in [-0.25, -0.2) is 8.78 Å². The maximum Gasteiger partial charge on any atom is 0.277 e. The van der Waals surface area contributed by atoms with Crippen molar-refractivity contribution >= 4 is 11.8 Å². The molecule has 0 amide bonds. The highest BCUT2D eigenvalue weighted by atomic mass is 32.2. The van der Waals surface area contributed by atoms with Crippen molar-refractivity contribution in [2.45, 2.75) is 24.2 Å². The van der Waals surface area contributed by atoms with Gasteiger partial charge in [-0.3, -0.25) is 0 Å². The second-order valence-corrected chi connectivity index (χ2v) is 5.61. The Morgan fingerprint density at radius 2 is 2.06 bits per heavy atom. The molecule has 0 radical (unpaired) electrons. The summed E-state index contributed by atoms with van der Waals surface area (Å²) in [5.41, 5.74) is 0.145. The number of halogens is 2. The summed E-state index contributed by atoms with van der Waals surface area (Å²) in [6.45, 7) is 3.17. The lowest BCUT2D eigenvalue weighted by Gasteiger charge is -2.23. The highest BCUT2D eigenvalue weighted by molar-refractivity contribution is 7.99. The van der Waals surface area contributed by atoms with Crippen LogP contribution in [0.25, 0.3) is 0 Å². The van der Waals surface area contributed by atoms with Crippen molar-refractivity contribution in [3.63, 3.8) is 0 Å². The van der Waals surface area contributed by atoms with Gasteiger partial charge in [0.2, 0.25) is 0 Å². The van der Waals surface area contributed by atoms with E-state index in [9.17, 15) is 8.78 Å². The third kappa shape index (κ3) is 2.80. The van der Waals surface area contributed by atoms with Crippen LogP contribution in [-0.2, 0) is 5.92 Å². The molecular formula is C13H17F2NS. The quantitative estimate of drug-likeness (QED) is 0.829. The van der Waals surface area contributed by atoms with Gasteiger partial charge in [-0.15, -0.1) is 11.8 Å². The number of hydrogen-bond acceptors (Lipinski definition) is 2. The summed E-state index contributed by atoms with van der Waals surface area (Å²) >= 11 is 1.67. The zero-order chi connectivity index (χ0) is 12.3. The van der Waals surface area contributed by atoms with Gasteiger partial charge in [0.05, 0.1) is 0 Å². The summed E-state index contributed by atoms with van der Waals surface area (Å²) in [7, 11) is 0. The van der Waals surface area contributed by atoms with Gasteiger partial charge in [-0.05, 0) is 30.9 Å². The van der Waals surface area contributed by atoms with Gasteiger partial charge < -0.3 is 5.32 Å². The molecule has 1 aliphatic rings. The second-order valence-electron chi connectivity index (χ2n) is 4.27. The highest BCUT2D eigenvalue weighted by Gasteiger charge is 2.42. The molecule has 0 aliphatic carbocycles. The summed E-state index contributed by atoms with van der Waals surface area (Å²) in [6, 6.07) is 6.71. The van der Waals surface area contributed by atoms with E-state index in [1.54, 1.807) is 36.0 Å². The third-order valence-electron chi connectivity index (χ3n) is 3.12. The summed E-state index contributed by atoms with van der Waals surface area (Å²) < 4.78 is 28.3. The number of hydrogen-bond donors (Lipinski definition) is 1. The van der Waals surface area contributed by atoms with Gasteiger partial charge in [0, 0.05) is 22.9 Å². The molecule has 0 saturated carbocycles. The summed E-state index contributed by atoms with van der Waals surface area (Å²) in [5, 5.41) is 3.00. The molecule has 94 valence electrons. The number of benzene rings is 1. The predicted octanol–water partition coefficient (Wildman–Crippen LogP) is 3.50. The molecule has 1 N–H and O–H groups in total. The van der Waals surface area contributed by atoms with E-state index < -0.39 is 11.8 Å². The fourth-order valence-electron chi connectivity index (χ4n) is 2.14. The molecule has 1 aliphatic heterocycles. The van der Waals surface area contributed by atoms with Crippen LogP contribution in [0.4, 0.5) is 8.78 Å². The van der Waals surface area contributed by atoms with Gasteiger partial charge in [-0.2, -0.15) is 0 Å². The molecule has 1 heterocycles. The van der Waals surface area contributed by atoms with Crippen LogP contribution in [0.3, 0.4) is 0 Å². The van der Waals surface area contributed by atoms with E-state index in [0.717, 1.165) is 10.6 Å². The van der Waals surface area contributed by atoms with Crippen LogP contribution in [-0.4, -0.2) is 18.8 Å². The van der Waals surface area contributed by atoms with E-state index in [0.29, 0.717) is 19.5 Å². The van der Waals surface area contributed by atoms with Crippen molar-refractivity contribution in [2.75, 3.05) is 18.8 Å². The van der Waals surface area contributed by atoms with Crippen LogP contribution in [0.1, 0.15) is 18.9 Å². The monoisotopic (exact) mass is 257 g/mol. The molecule has 1 aromatic carbocycles. The highest BCUT2D eigenvalue weighted by Crippen LogP contribution is 2.39. The lowest BCUT2D eigenvalue weighted by atomic mass is 9.94. The summed E-state index contributed by atoms with van der Waals surface area (Å²) in [6.07, 6.45) is 0.554. The van der Waals surface area contributed by atoms with Crippen LogP contribution in [0.15, 0.2) is 29.2 Å². The van der Waals surface area contributed by atoms with Gasteiger partial charge in [0.1, 0.15) is 0 Å². The molecule has 1 nitrogen and oxygen atoms in total. The van der Waals surface area contributed by atoms with E-state index in [4.69, 9.17) is 0 Å². The first-order chi connectivity index (χ1) is 8.14. The summed E-state index contributed by atoms with van der Waals surface area (Å²) in [4.78, 5) is 1.05. The van der Waals surface area contributed by atoms with Crippen molar-refractivity contribution in [1.82, 2.24) is 5.32 Å². The SMILES string of the molecule is CCSc1ccc(C(F)(F)C2CCNC2)cc1. The lowest BCUT2D eigenvalue weighted by Crippen LogP contribution is -2.27. The van der Waals surface area contributed by atoms with Crippen molar-refractivity contribution in [2.24, 2.45) is 5.92 Å². The molecule has 0 bridgehead atoms. The van der Waals surface area contributed by atoms with E-state index in [-0.39, 0.29) is 5.56 Å². The molecule has 2 rings (SSSR count). The third-order valence-corrected chi connectivity index (χ3v) is 4.02. The second kappa shape index (κ2) is 5.36. The molecule has 4 heteroatoms. The Hall–Kier alpha value is -0.610. The Morgan fingerprint density at radius 1 is 1.35 bits per heavy atom. The average Bonchev–Trinajstić information content (AvgIpc) is 2.84. The van der Waals surface area contributed by atoms with Crippen molar-refractivity contribution in [3.8, 4) is 0 Å².